The van der Waals surface area contributed by atoms with Gasteiger partial charge in [-0.05, 0) is 36.8 Å². The average molecular weight is 384 g/mol. The first kappa shape index (κ1) is 17.6. The van der Waals surface area contributed by atoms with Gasteiger partial charge in [-0.3, -0.25) is 14.4 Å². The minimum Gasteiger partial charge on any atom is -0.273 e. The van der Waals surface area contributed by atoms with Gasteiger partial charge >= 0.3 is 0 Å². The van der Waals surface area contributed by atoms with Crippen molar-refractivity contribution in [3.63, 3.8) is 0 Å². The molecular weight excluding hydrogens is 364 g/mol. The minimum absolute atomic E-state index is 0.244. The molecule has 5 heteroatoms. The third-order valence-electron chi connectivity index (χ3n) is 5.82. The van der Waals surface area contributed by atoms with E-state index in [9.17, 15) is 9.59 Å². The number of rotatable bonds is 3. The molecule has 3 aromatic carbocycles. The molecular formula is C24H20N2O3. The second kappa shape index (κ2) is 6.57. The highest BCUT2D eigenvalue weighted by Crippen LogP contribution is 2.55. The fourth-order valence-electron chi connectivity index (χ4n) is 4.38. The number of hydroxylamine groups is 1. The van der Waals surface area contributed by atoms with E-state index >= 15 is 0 Å². The number of nitrogens with zero attached hydrogens (tertiary/aromatic N) is 2. The summed E-state index contributed by atoms with van der Waals surface area (Å²) in [7, 11) is 0. The Morgan fingerprint density at radius 1 is 0.759 bits per heavy atom. The predicted octanol–water partition coefficient (Wildman–Crippen LogP) is 4.13. The lowest BCUT2D eigenvalue weighted by Crippen LogP contribution is -2.41. The van der Waals surface area contributed by atoms with Gasteiger partial charge in [-0.2, -0.15) is 0 Å². The molecule has 0 saturated carbocycles. The smallest absolute Gasteiger partial charge is 0.266 e. The van der Waals surface area contributed by atoms with Crippen LogP contribution in [0.15, 0.2) is 91.0 Å². The van der Waals surface area contributed by atoms with Gasteiger partial charge in [0.05, 0.1) is 17.4 Å². The maximum atomic E-state index is 13.7. The lowest BCUT2D eigenvalue weighted by Gasteiger charge is -2.32. The van der Waals surface area contributed by atoms with E-state index in [4.69, 9.17) is 4.84 Å². The molecule has 2 heterocycles. The molecule has 3 atom stereocenters. The Kier molecular flexibility index (Phi) is 4.00. The van der Waals surface area contributed by atoms with Crippen molar-refractivity contribution in [3.8, 4) is 0 Å². The van der Waals surface area contributed by atoms with Gasteiger partial charge in [0.15, 0.2) is 6.10 Å². The topological polar surface area (TPSA) is 49.9 Å². The molecule has 0 aliphatic carbocycles. The number of carbonyl (C=O) groups excluding carboxylic acids is 2. The molecule has 5 nitrogen and oxygen atoms in total. The van der Waals surface area contributed by atoms with Crippen LogP contribution in [0.1, 0.15) is 18.5 Å². The Morgan fingerprint density at radius 2 is 1.28 bits per heavy atom. The van der Waals surface area contributed by atoms with Crippen molar-refractivity contribution in [3.05, 3.63) is 96.6 Å². The van der Waals surface area contributed by atoms with Crippen molar-refractivity contribution in [2.24, 2.45) is 5.41 Å². The summed E-state index contributed by atoms with van der Waals surface area (Å²) in [6, 6.07) is 28.0. The van der Waals surface area contributed by atoms with Crippen molar-refractivity contribution in [1.82, 2.24) is 0 Å². The Labute approximate surface area is 169 Å². The molecule has 2 aliphatic heterocycles. The number of hydrogen-bond acceptors (Lipinski definition) is 4. The average Bonchev–Trinajstić information content (AvgIpc) is 3.18. The van der Waals surface area contributed by atoms with Crippen LogP contribution in [0.25, 0.3) is 0 Å². The van der Waals surface area contributed by atoms with E-state index < -0.39 is 17.6 Å². The van der Waals surface area contributed by atoms with Gasteiger partial charge < -0.3 is 0 Å². The van der Waals surface area contributed by atoms with Gasteiger partial charge in [0.1, 0.15) is 5.41 Å². The second-order valence-electron chi connectivity index (χ2n) is 7.56. The predicted molar refractivity (Wildman–Crippen MR) is 110 cm³/mol. The fourth-order valence-corrected chi connectivity index (χ4v) is 4.38. The van der Waals surface area contributed by atoms with Crippen LogP contribution in [0.2, 0.25) is 0 Å². The molecule has 0 spiro atoms. The summed E-state index contributed by atoms with van der Waals surface area (Å²) in [6.45, 7) is 1.83. The number of hydrogen-bond donors (Lipinski definition) is 0. The van der Waals surface area contributed by atoms with Crippen molar-refractivity contribution in [2.45, 2.75) is 19.1 Å². The number of benzene rings is 3. The summed E-state index contributed by atoms with van der Waals surface area (Å²) in [5.41, 5.74) is 1.26. The fraction of sp³-hybridized carbons (Fsp3) is 0.167. The maximum absolute atomic E-state index is 13.7. The molecule has 2 saturated heterocycles. The molecule has 5 rings (SSSR count). The van der Waals surface area contributed by atoms with Crippen LogP contribution < -0.4 is 9.96 Å². The van der Waals surface area contributed by atoms with Crippen LogP contribution in [-0.4, -0.2) is 17.9 Å². The van der Waals surface area contributed by atoms with Crippen LogP contribution in [-0.2, 0) is 14.4 Å². The van der Waals surface area contributed by atoms with Gasteiger partial charge in [-0.25, -0.2) is 9.96 Å². The van der Waals surface area contributed by atoms with E-state index in [0.29, 0.717) is 5.69 Å². The third-order valence-corrected chi connectivity index (χ3v) is 5.82. The number of carbonyl (C=O) groups is 2. The summed E-state index contributed by atoms with van der Waals surface area (Å²) >= 11 is 0. The largest absolute Gasteiger partial charge is 0.273 e. The third kappa shape index (κ3) is 2.51. The molecule has 0 bridgehead atoms. The zero-order valence-corrected chi connectivity index (χ0v) is 15.9. The maximum Gasteiger partial charge on any atom is 0.266 e. The SMILES string of the molecule is C[C@@]12C(=O)N(c3ccccc3)C(=O)[C@H]1ON(c1ccccc1)[C@@H]2c1ccccc1. The number of imide groups is 1. The Morgan fingerprint density at radius 3 is 1.86 bits per heavy atom. The second-order valence-corrected chi connectivity index (χ2v) is 7.56. The van der Waals surface area contributed by atoms with E-state index in [-0.39, 0.29) is 11.8 Å². The summed E-state index contributed by atoms with van der Waals surface area (Å²) in [4.78, 5) is 34.5. The summed E-state index contributed by atoms with van der Waals surface area (Å²) in [5, 5.41) is 1.72. The highest BCUT2D eigenvalue weighted by Gasteiger charge is 2.68. The van der Waals surface area contributed by atoms with E-state index in [0.717, 1.165) is 11.3 Å². The zero-order chi connectivity index (χ0) is 20.0. The first-order chi connectivity index (χ1) is 14.1. The Hall–Kier alpha value is -3.44. The van der Waals surface area contributed by atoms with Crippen LogP contribution in [0.3, 0.4) is 0 Å². The Balaban J connectivity index is 1.65. The van der Waals surface area contributed by atoms with Gasteiger partial charge in [0.25, 0.3) is 5.91 Å². The molecule has 0 N–H and O–H groups in total. The molecule has 3 aromatic rings. The first-order valence-corrected chi connectivity index (χ1v) is 9.62. The number of fused-ring (bicyclic) bond motifs is 1. The molecule has 2 amide bonds. The lowest BCUT2D eigenvalue weighted by atomic mass is 9.76. The van der Waals surface area contributed by atoms with Crippen molar-refractivity contribution in [2.75, 3.05) is 9.96 Å². The van der Waals surface area contributed by atoms with Gasteiger partial charge in [0, 0.05) is 0 Å². The zero-order valence-electron chi connectivity index (χ0n) is 15.9. The van der Waals surface area contributed by atoms with Crippen LogP contribution >= 0.6 is 0 Å². The molecule has 0 unspecified atom stereocenters. The van der Waals surface area contributed by atoms with Crippen molar-refractivity contribution < 1.29 is 14.4 Å². The molecule has 0 radical (unpaired) electrons. The number of para-hydroxylation sites is 2. The first-order valence-electron chi connectivity index (χ1n) is 9.62. The summed E-state index contributed by atoms with van der Waals surface area (Å²) in [6.07, 6.45) is -0.888. The van der Waals surface area contributed by atoms with E-state index in [1.54, 1.807) is 17.2 Å². The van der Waals surface area contributed by atoms with Gasteiger partial charge in [-0.1, -0.05) is 66.7 Å². The van der Waals surface area contributed by atoms with Crippen LogP contribution in [0, 0.1) is 5.41 Å². The summed E-state index contributed by atoms with van der Waals surface area (Å²) < 4.78 is 0. The Bertz CT molecular complexity index is 1060. The van der Waals surface area contributed by atoms with Crippen molar-refractivity contribution in [1.29, 1.82) is 0 Å². The molecule has 29 heavy (non-hydrogen) atoms. The van der Waals surface area contributed by atoms with Crippen molar-refractivity contribution >= 4 is 23.2 Å². The monoisotopic (exact) mass is 384 g/mol. The highest BCUT2D eigenvalue weighted by molar-refractivity contribution is 6.25. The standard InChI is InChI=1S/C24H20N2O3/c1-24-20(17-11-5-2-6-12-17)26(19-15-9-4-10-16-19)29-21(24)22(27)25(23(24)28)18-13-7-3-8-14-18/h2-16,20-21H,1H3/t20-,21-,24+/m1/s1. The number of anilines is 2. The van der Waals surface area contributed by atoms with E-state index in [1.807, 2.05) is 85.8 Å². The summed E-state index contributed by atoms with van der Waals surface area (Å²) in [5.74, 6) is -0.575. The quantitative estimate of drug-likeness (QED) is 0.637. The van der Waals surface area contributed by atoms with Crippen LogP contribution in [0.4, 0.5) is 11.4 Å². The van der Waals surface area contributed by atoms with E-state index in [1.165, 1.54) is 4.90 Å². The van der Waals surface area contributed by atoms with Gasteiger partial charge in [-0.15, -0.1) is 0 Å². The molecule has 0 aromatic heterocycles. The normalized spacial score (nSPS) is 26.1. The molecule has 2 aliphatic rings. The molecule has 2 fully saturated rings. The van der Waals surface area contributed by atoms with Gasteiger partial charge in [0.2, 0.25) is 5.91 Å². The molecule has 144 valence electrons. The minimum atomic E-state index is -1.05. The lowest BCUT2D eigenvalue weighted by molar-refractivity contribution is -0.128. The highest BCUT2D eigenvalue weighted by atomic mass is 16.7. The van der Waals surface area contributed by atoms with E-state index in [2.05, 4.69) is 0 Å². The van der Waals surface area contributed by atoms with Crippen LogP contribution in [0.5, 0.6) is 0 Å². The number of amides is 2.